The highest BCUT2D eigenvalue weighted by Gasteiger charge is 2.14. The number of aromatic nitrogens is 3. The van der Waals surface area contributed by atoms with E-state index in [0.717, 1.165) is 16.9 Å². The lowest BCUT2D eigenvalue weighted by molar-refractivity contribution is -0.118. The van der Waals surface area contributed by atoms with E-state index in [2.05, 4.69) is 15.5 Å². The summed E-state index contributed by atoms with van der Waals surface area (Å²) in [5, 5.41) is 12.7. The quantitative estimate of drug-likeness (QED) is 0.514. The smallest absolute Gasteiger partial charge is 0.230 e. The van der Waals surface area contributed by atoms with Crippen molar-refractivity contribution in [2.24, 2.45) is 0 Å². The molecule has 3 rings (SSSR count). The van der Waals surface area contributed by atoms with Gasteiger partial charge < -0.3 is 14.6 Å². The lowest BCUT2D eigenvalue weighted by atomic mass is 10.2. The van der Waals surface area contributed by atoms with Crippen molar-refractivity contribution in [2.45, 2.75) is 38.7 Å². The Morgan fingerprint density at radius 2 is 2.00 bits per heavy atom. The average Bonchev–Trinajstić information content (AvgIpc) is 3.12. The largest absolute Gasteiger partial charge is 0.485 e. The molecule has 0 radical (unpaired) electrons. The molecule has 0 atom stereocenters. The standard InChI is InChI=1S/C21H23ClN4O2S/c1-3-26-19(13-28-18-10-9-17(22)11-15(18)2)24-25-21(26)29-14-20(27)23-12-16-7-5-4-6-8-16/h4-11H,3,12-14H2,1-2H3,(H,23,27). The lowest BCUT2D eigenvalue weighted by Crippen LogP contribution is -2.24. The number of hydrogen-bond donors (Lipinski definition) is 1. The van der Waals surface area contributed by atoms with Gasteiger partial charge in [0.25, 0.3) is 0 Å². The minimum Gasteiger partial charge on any atom is -0.485 e. The molecule has 0 aliphatic carbocycles. The number of nitrogens with zero attached hydrogens (tertiary/aromatic N) is 3. The van der Waals surface area contributed by atoms with Crippen LogP contribution in [0, 0.1) is 6.92 Å². The number of thioether (sulfide) groups is 1. The minimum atomic E-state index is -0.0425. The Morgan fingerprint density at radius 3 is 2.72 bits per heavy atom. The van der Waals surface area contributed by atoms with Crippen molar-refractivity contribution in [2.75, 3.05) is 5.75 Å². The molecular formula is C21H23ClN4O2S. The molecule has 8 heteroatoms. The van der Waals surface area contributed by atoms with Crippen LogP contribution in [0.2, 0.25) is 5.02 Å². The molecule has 0 aliphatic rings. The summed E-state index contributed by atoms with van der Waals surface area (Å²) < 4.78 is 7.84. The topological polar surface area (TPSA) is 69.0 Å². The predicted molar refractivity (Wildman–Crippen MR) is 115 cm³/mol. The second kappa shape index (κ2) is 10.3. The van der Waals surface area contributed by atoms with Crippen LogP contribution in [0.25, 0.3) is 0 Å². The van der Waals surface area contributed by atoms with Gasteiger partial charge in [0.05, 0.1) is 5.75 Å². The Kier molecular flexibility index (Phi) is 7.55. The molecule has 1 aromatic heterocycles. The molecule has 6 nitrogen and oxygen atoms in total. The summed E-state index contributed by atoms with van der Waals surface area (Å²) in [6.45, 7) is 5.46. The number of carbonyl (C=O) groups is 1. The Morgan fingerprint density at radius 1 is 1.21 bits per heavy atom. The fraction of sp³-hybridized carbons (Fsp3) is 0.286. The van der Waals surface area contributed by atoms with Crippen molar-refractivity contribution < 1.29 is 9.53 Å². The maximum Gasteiger partial charge on any atom is 0.230 e. The number of halogens is 1. The Balaban J connectivity index is 1.54. The van der Waals surface area contributed by atoms with E-state index in [0.29, 0.717) is 35.7 Å². The number of nitrogens with one attached hydrogen (secondary N) is 1. The normalized spacial score (nSPS) is 10.7. The van der Waals surface area contributed by atoms with Gasteiger partial charge in [-0.1, -0.05) is 53.7 Å². The Bertz CT molecular complexity index is 963. The Labute approximate surface area is 179 Å². The molecule has 3 aromatic rings. The van der Waals surface area contributed by atoms with Crippen LogP contribution in [0.1, 0.15) is 23.9 Å². The molecule has 1 N–H and O–H groups in total. The highest BCUT2D eigenvalue weighted by molar-refractivity contribution is 7.99. The molecular weight excluding hydrogens is 408 g/mol. The monoisotopic (exact) mass is 430 g/mol. The van der Waals surface area contributed by atoms with Gasteiger partial charge in [-0.15, -0.1) is 10.2 Å². The predicted octanol–water partition coefficient (Wildman–Crippen LogP) is 4.25. The number of amides is 1. The molecule has 2 aromatic carbocycles. The molecule has 29 heavy (non-hydrogen) atoms. The minimum absolute atomic E-state index is 0.0425. The molecule has 152 valence electrons. The molecule has 0 bridgehead atoms. The number of benzene rings is 2. The number of hydrogen-bond acceptors (Lipinski definition) is 5. The molecule has 0 spiro atoms. The number of carbonyl (C=O) groups excluding carboxylic acids is 1. The van der Waals surface area contributed by atoms with Crippen LogP contribution in [-0.2, 0) is 24.5 Å². The van der Waals surface area contributed by atoms with Crippen LogP contribution in [0.15, 0.2) is 53.7 Å². The summed E-state index contributed by atoms with van der Waals surface area (Å²) in [5.74, 6) is 1.71. The first-order chi connectivity index (χ1) is 14.1. The van der Waals surface area contributed by atoms with Crippen LogP contribution in [-0.4, -0.2) is 26.4 Å². The third-order valence-corrected chi connectivity index (χ3v) is 5.47. The second-order valence-corrected chi connectivity index (χ2v) is 7.77. The summed E-state index contributed by atoms with van der Waals surface area (Å²) >= 11 is 7.35. The fourth-order valence-corrected chi connectivity index (χ4v) is 3.82. The first kappa shape index (κ1) is 21.2. The van der Waals surface area contributed by atoms with Gasteiger partial charge in [0.15, 0.2) is 11.0 Å². The van der Waals surface area contributed by atoms with Gasteiger partial charge in [0.2, 0.25) is 5.91 Å². The van der Waals surface area contributed by atoms with E-state index in [9.17, 15) is 4.79 Å². The van der Waals surface area contributed by atoms with Gasteiger partial charge in [0.1, 0.15) is 12.4 Å². The first-order valence-electron chi connectivity index (χ1n) is 9.31. The maximum atomic E-state index is 12.1. The second-order valence-electron chi connectivity index (χ2n) is 6.39. The van der Waals surface area contributed by atoms with Crippen molar-refractivity contribution in [1.29, 1.82) is 0 Å². The zero-order valence-electron chi connectivity index (χ0n) is 16.4. The third kappa shape index (κ3) is 5.98. The van der Waals surface area contributed by atoms with Crippen LogP contribution in [0.4, 0.5) is 0 Å². The van der Waals surface area contributed by atoms with Crippen LogP contribution < -0.4 is 10.1 Å². The summed E-state index contributed by atoms with van der Waals surface area (Å²) in [7, 11) is 0. The van der Waals surface area contributed by atoms with Crippen molar-refractivity contribution in [3.63, 3.8) is 0 Å². The summed E-state index contributed by atoms with van der Waals surface area (Å²) in [6.07, 6.45) is 0. The van der Waals surface area contributed by atoms with E-state index in [1.165, 1.54) is 11.8 Å². The van der Waals surface area contributed by atoms with E-state index >= 15 is 0 Å². The van der Waals surface area contributed by atoms with Crippen LogP contribution in [0.3, 0.4) is 0 Å². The lowest BCUT2D eigenvalue weighted by Gasteiger charge is -2.11. The summed E-state index contributed by atoms with van der Waals surface area (Å²) in [4.78, 5) is 12.1. The summed E-state index contributed by atoms with van der Waals surface area (Å²) in [6, 6.07) is 15.3. The zero-order valence-corrected chi connectivity index (χ0v) is 18.0. The van der Waals surface area contributed by atoms with Gasteiger partial charge in [-0.25, -0.2) is 0 Å². The molecule has 0 aliphatic heterocycles. The van der Waals surface area contributed by atoms with Crippen LogP contribution in [0.5, 0.6) is 5.75 Å². The molecule has 1 amide bonds. The third-order valence-electron chi connectivity index (χ3n) is 4.27. The number of ether oxygens (including phenoxy) is 1. The van der Waals surface area contributed by atoms with Crippen LogP contribution >= 0.6 is 23.4 Å². The highest BCUT2D eigenvalue weighted by Crippen LogP contribution is 2.23. The number of rotatable bonds is 9. The van der Waals surface area contributed by atoms with Gasteiger partial charge in [-0.05, 0) is 43.2 Å². The Hall–Kier alpha value is -2.51. The maximum absolute atomic E-state index is 12.1. The van der Waals surface area contributed by atoms with E-state index < -0.39 is 0 Å². The van der Waals surface area contributed by atoms with E-state index in [1.54, 1.807) is 6.07 Å². The van der Waals surface area contributed by atoms with Crippen molar-refractivity contribution in [3.8, 4) is 5.75 Å². The number of aryl methyl sites for hydroxylation is 1. The van der Waals surface area contributed by atoms with Crippen molar-refractivity contribution in [1.82, 2.24) is 20.1 Å². The first-order valence-corrected chi connectivity index (χ1v) is 10.7. The molecule has 0 saturated heterocycles. The molecule has 1 heterocycles. The van der Waals surface area contributed by atoms with E-state index in [-0.39, 0.29) is 11.7 Å². The van der Waals surface area contributed by atoms with Gasteiger partial charge in [0, 0.05) is 18.1 Å². The molecule has 0 unspecified atom stereocenters. The van der Waals surface area contributed by atoms with E-state index in [1.807, 2.05) is 60.9 Å². The van der Waals surface area contributed by atoms with Gasteiger partial charge >= 0.3 is 0 Å². The van der Waals surface area contributed by atoms with Gasteiger partial charge in [-0.2, -0.15) is 0 Å². The summed E-state index contributed by atoms with van der Waals surface area (Å²) in [5.41, 5.74) is 2.03. The van der Waals surface area contributed by atoms with E-state index in [4.69, 9.17) is 16.3 Å². The molecule has 0 fully saturated rings. The average molecular weight is 431 g/mol. The van der Waals surface area contributed by atoms with Crippen molar-refractivity contribution >= 4 is 29.3 Å². The molecule has 0 saturated carbocycles. The zero-order chi connectivity index (χ0) is 20.6. The SMILES string of the molecule is CCn1c(COc2ccc(Cl)cc2C)nnc1SCC(=O)NCc1ccccc1. The van der Waals surface area contributed by atoms with Gasteiger partial charge in [-0.3, -0.25) is 4.79 Å². The van der Waals surface area contributed by atoms with Crippen molar-refractivity contribution in [3.05, 3.63) is 70.5 Å². The fourth-order valence-electron chi connectivity index (χ4n) is 2.74. The highest BCUT2D eigenvalue weighted by atomic mass is 35.5.